The van der Waals surface area contributed by atoms with E-state index in [1.54, 1.807) is 0 Å². The average molecular weight is 244 g/mol. The second kappa shape index (κ2) is 6.55. The largest absolute Gasteiger partial charge is 0.414 e. The van der Waals surface area contributed by atoms with E-state index < -0.39 is 8.32 Å². The highest BCUT2D eigenvalue weighted by Crippen LogP contribution is 2.25. The first-order valence-corrected chi connectivity index (χ1v) is 9.84. The summed E-state index contributed by atoms with van der Waals surface area (Å²) >= 11 is 0. The molecule has 0 fully saturated rings. The zero-order valence-corrected chi connectivity index (χ0v) is 13.0. The standard InChI is InChI=1S/C13H28O2Si/c1-8-10(3)13(15-16(5,6)7)11(4)12(14)9-2/h10-11,13H,8-9H2,1-7H3/t10-,11-,13-/m0/s1. The van der Waals surface area contributed by atoms with Crippen LogP contribution in [0.3, 0.4) is 0 Å². The quantitative estimate of drug-likeness (QED) is 0.636. The monoisotopic (exact) mass is 244 g/mol. The van der Waals surface area contributed by atoms with Gasteiger partial charge in [-0.1, -0.05) is 34.1 Å². The Hall–Kier alpha value is -0.153. The molecule has 0 aromatic heterocycles. The maximum Gasteiger partial charge on any atom is 0.184 e. The third-order valence-corrected chi connectivity index (χ3v) is 4.02. The van der Waals surface area contributed by atoms with E-state index in [0.717, 1.165) is 6.42 Å². The Kier molecular flexibility index (Phi) is 6.49. The Labute approximate surface area is 102 Å². The number of carbonyl (C=O) groups is 1. The van der Waals surface area contributed by atoms with Crippen molar-refractivity contribution in [3.05, 3.63) is 0 Å². The van der Waals surface area contributed by atoms with E-state index in [0.29, 0.717) is 18.1 Å². The number of ketones is 1. The van der Waals surface area contributed by atoms with Crippen molar-refractivity contribution < 1.29 is 9.22 Å². The summed E-state index contributed by atoms with van der Waals surface area (Å²) < 4.78 is 6.19. The topological polar surface area (TPSA) is 26.3 Å². The molecular formula is C13H28O2Si. The number of hydrogen-bond donors (Lipinski definition) is 0. The molecule has 16 heavy (non-hydrogen) atoms. The Morgan fingerprint density at radius 2 is 1.69 bits per heavy atom. The predicted octanol–water partition coefficient (Wildman–Crippen LogP) is 3.87. The summed E-state index contributed by atoms with van der Waals surface area (Å²) in [6.07, 6.45) is 1.78. The van der Waals surface area contributed by atoms with Crippen LogP contribution in [-0.2, 0) is 9.22 Å². The van der Waals surface area contributed by atoms with Gasteiger partial charge in [-0.25, -0.2) is 0 Å². The van der Waals surface area contributed by atoms with Gasteiger partial charge in [0.1, 0.15) is 5.78 Å². The summed E-state index contributed by atoms with van der Waals surface area (Å²) in [5, 5.41) is 0. The lowest BCUT2D eigenvalue weighted by Crippen LogP contribution is -2.41. The Morgan fingerprint density at radius 1 is 1.19 bits per heavy atom. The molecule has 0 aliphatic rings. The second-order valence-corrected chi connectivity index (χ2v) is 10.1. The number of carbonyl (C=O) groups excluding carboxylic acids is 1. The average Bonchev–Trinajstić information content (AvgIpc) is 2.21. The van der Waals surface area contributed by atoms with E-state index in [4.69, 9.17) is 4.43 Å². The highest BCUT2D eigenvalue weighted by molar-refractivity contribution is 6.69. The third kappa shape index (κ3) is 5.26. The maximum absolute atomic E-state index is 11.8. The third-order valence-electron chi connectivity index (χ3n) is 3.04. The molecule has 0 bridgehead atoms. The van der Waals surface area contributed by atoms with Gasteiger partial charge in [0.15, 0.2) is 8.32 Å². The molecule has 0 aliphatic carbocycles. The fourth-order valence-corrected chi connectivity index (χ4v) is 3.11. The summed E-state index contributed by atoms with van der Waals surface area (Å²) in [7, 11) is -1.57. The summed E-state index contributed by atoms with van der Waals surface area (Å²) in [5.41, 5.74) is 0. The Bertz CT molecular complexity index is 220. The van der Waals surface area contributed by atoms with E-state index in [1.807, 2.05) is 13.8 Å². The Balaban J connectivity index is 4.73. The van der Waals surface area contributed by atoms with Gasteiger partial charge in [0.2, 0.25) is 0 Å². The predicted molar refractivity (Wildman–Crippen MR) is 72.1 cm³/mol. The van der Waals surface area contributed by atoms with Crippen LogP contribution in [0.4, 0.5) is 0 Å². The maximum atomic E-state index is 11.8. The highest BCUT2D eigenvalue weighted by atomic mass is 28.4. The van der Waals surface area contributed by atoms with E-state index in [2.05, 4.69) is 33.5 Å². The molecule has 0 aromatic rings. The molecule has 2 nitrogen and oxygen atoms in total. The van der Waals surface area contributed by atoms with Gasteiger partial charge < -0.3 is 4.43 Å². The van der Waals surface area contributed by atoms with Crippen molar-refractivity contribution in [1.82, 2.24) is 0 Å². The van der Waals surface area contributed by atoms with Crippen molar-refractivity contribution in [3.63, 3.8) is 0 Å². The van der Waals surface area contributed by atoms with Gasteiger partial charge in [-0.3, -0.25) is 4.79 Å². The lowest BCUT2D eigenvalue weighted by Gasteiger charge is -2.34. The summed E-state index contributed by atoms with van der Waals surface area (Å²) in [5.74, 6) is 0.812. The number of hydrogen-bond acceptors (Lipinski definition) is 2. The molecule has 0 heterocycles. The van der Waals surface area contributed by atoms with Crippen molar-refractivity contribution in [2.45, 2.75) is 66.3 Å². The number of rotatable bonds is 7. The van der Waals surface area contributed by atoms with Gasteiger partial charge in [-0.15, -0.1) is 0 Å². The second-order valence-electron chi connectivity index (χ2n) is 5.69. The molecule has 0 spiro atoms. The van der Waals surface area contributed by atoms with Gasteiger partial charge in [-0.2, -0.15) is 0 Å². The lowest BCUT2D eigenvalue weighted by atomic mass is 9.88. The van der Waals surface area contributed by atoms with Crippen LogP contribution in [0.2, 0.25) is 19.6 Å². The zero-order chi connectivity index (χ0) is 12.9. The molecule has 0 amide bonds. The smallest absolute Gasteiger partial charge is 0.184 e. The van der Waals surface area contributed by atoms with Crippen LogP contribution in [0.15, 0.2) is 0 Å². The molecule has 3 atom stereocenters. The van der Waals surface area contributed by atoms with Gasteiger partial charge in [0, 0.05) is 12.3 Å². The molecule has 96 valence electrons. The van der Waals surface area contributed by atoms with Crippen molar-refractivity contribution in [2.75, 3.05) is 0 Å². The van der Waals surface area contributed by atoms with Gasteiger partial charge >= 0.3 is 0 Å². The zero-order valence-electron chi connectivity index (χ0n) is 12.0. The molecule has 0 radical (unpaired) electrons. The van der Waals surface area contributed by atoms with Crippen molar-refractivity contribution in [3.8, 4) is 0 Å². The van der Waals surface area contributed by atoms with E-state index in [1.165, 1.54) is 0 Å². The number of Topliss-reactive ketones (excluding diaryl/α,β-unsaturated/α-hetero) is 1. The van der Waals surface area contributed by atoms with Crippen LogP contribution >= 0.6 is 0 Å². The van der Waals surface area contributed by atoms with Crippen LogP contribution in [0.5, 0.6) is 0 Å². The van der Waals surface area contributed by atoms with E-state index in [9.17, 15) is 4.79 Å². The fourth-order valence-electron chi connectivity index (χ4n) is 1.86. The molecule has 0 saturated carbocycles. The minimum atomic E-state index is -1.57. The van der Waals surface area contributed by atoms with Crippen molar-refractivity contribution >= 4 is 14.1 Å². The highest BCUT2D eigenvalue weighted by Gasteiger charge is 2.31. The molecule has 0 saturated heterocycles. The van der Waals surface area contributed by atoms with Crippen LogP contribution in [-0.4, -0.2) is 20.2 Å². The minimum absolute atomic E-state index is 0.0340. The molecule has 0 unspecified atom stereocenters. The van der Waals surface area contributed by atoms with Crippen LogP contribution in [0.1, 0.15) is 40.5 Å². The lowest BCUT2D eigenvalue weighted by molar-refractivity contribution is -0.125. The van der Waals surface area contributed by atoms with E-state index >= 15 is 0 Å². The van der Waals surface area contributed by atoms with Gasteiger partial charge in [0.05, 0.1) is 6.10 Å². The summed E-state index contributed by atoms with van der Waals surface area (Å²) in [6.45, 7) is 14.9. The SMILES string of the molecule is CCC(=O)[C@H](C)[C@@H](O[Si](C)(C)C)[C@@H](C)CC. The molecule has 0 aliphatic heterocycles. The fraction of sp³-hybridized carbons (Fsp3) is 0.923. The minimum Gasteiger partial charge on any atom is -0.414 e. The van der Waals surface area contributed by atoms with Gasteiger partial charge in [0.25, 0.3) is 0 Å². The molecular weight excluding hydrogens is 216 g/mol. The van der Waals surface area contributed by atoms with Crippen LogP contribution in [0.25, 0.3) is 0 Å². The molecule has 3 heteroatoms. The first-order valence-electron chi connectivity index (χ1n) is 6.43. The first-order chi connectivity index (χ1) is 7.22. The molecule has 0 aromatic carbocycles. The summed E-state index contributed by atoms with van der Waals surface area (Å²) in [4.78, 5) is 11.8. The van der Waals surface area contributed by atoms with E-state index in [-0.39, 0.29) is 12.0 Å². The molecule has 0 N–H and O–H groups in total. The van der Waals surface area contributed by atoms with Crippen LogP contribution in [0, 0.1) is 11.8 Å². The Morgan fingerprint density at radius 3 is 2.00 bits per heavy atom. The summed E-state index contributed by atoms with van der Waals surface area (Å²) in [6, 6.07) is 0. The first kappa shape index (κ1) is 15.8. The molecule has 0 rings (SSSR count). The van der Waals surface area contributed by atoms with Crippen molar-refractivity contribution in [2.24, 2.45) is 11.8 Å². The van der Waals surface area contributed by atoms with Gasteiger partial charge in [-0.05, 0) is 25.6 Å². The normalized spacial score (nSPS) is 17.9. The van der Waals surface area contributed by atoms with Crippen LogP contribution < -0.4 is 0 Å². The van der Waals surface area contributed by atoms with Crippen molar-refractivity contribution in [1.29, 1.82) is 0 Å².